The molecule has 0 aliphatic carbocycles. The summed E-state index contributed by atoms with van der Waals surface area (Å²) in [6, 6.07) is 6.13. The van der Waals surface area contributed by atoms with Gasteiger partial charge in [-0.1, -0.05) is 13.8 Å². The largest absolute Gasteiger partial charge is 0.369 e. The Labute approximate surface area is 178 Å². The van der Waals surface area contributed by atoms with E-state index in [1.54, 1.807) is 0 Å². The van der Waals surface area contributed by atoms with Gasteiger partial charge in [-0.3, -0.25) is 4.79 Å². The number of anilines is 2. The van der Waals surface area contributed by atoms with Crippen LogP contribution in [0.2, 0.25) is 0 Å². The van der Waals surface area contributed by atoms with Crippen LogP contribution in [-0.4, -0.2) is 60.3 Å². The number of nitrogens with zero attached hydrogens (tertiary/aromatic N) is 4. The normalized spacial score (nSPS) is 15.1. The maximum atomic E-state index is 13.0. The summed E-state index contributed by atoms with van der Waals surface area (Å²) in [4.78, 5) is 26.9. The lowest BCUT2D eigenvalue weighted by Gasteiger charge is -2.35. The summed E-state index contributed by atoms with van der Waals surface area (Å²) in [5.41, 5.74) is 4.48. The Morgan fingerprint density at radius 2 is 1.83 bits per heavy atom. The van der Waals surface area contributed by atoms with E-state index < -0.39 is 0 Å². The van der Waals surface area contributed by atoms with E-state index in [4.69, 9.17) is 0 Å². The molecule has 7 heteroatoms. The van der Waals surface area contributed by atoms with E-state index in [0.29, 0.717) is 5.56 Å². The number of hydrogen-bond acceptors (Lipinski definition) is 6. The fourth-order valence-corrected chi connectivity index (χ4v) is 4.19. The van der Waals surface area contributed by atoms with Crippen molar-refractivity contribution in [2.75, 3.05) is 49.7 Å². The first-order valence-electron chi connectivity index (χ1n) is 10.1. The SMILES string of the molecule is CSc1nc(C(C)C)nc(C)c1C(=O)Nc1ccc(N2CCN(C)CC2)c(C)c1. The molecule has 1 N–H and O–H groups in total. The lowest BCUT2D eigenvalue weighted by atomic mass is 10.1. The van der Waals surface area contributed by atoms with Gasteiger partial charge in [0.1, 0.15) is 10.9 Å². The Morgan fingerprint density at radius 3 is 2.41 bits per heavy atom. The fourth-order valence-electron chi connectivity index (χ4n) is 3.56. The highest BCUT2D eigenvalue weighted by Crippen LogP contribution is 2.27. The number of piperazine rings is 1. The maximum absolute atomic E-state index is 13.0. The molecule has 6 nitrogen and oxygen atoms in total. The molecule has 1 aliphatic heterocycles. The predicted molar refractivity (Wildman–Crippen MR) is 121 cm³/mol. The highest BCUT2D eigenvalue weighted by Gasteiger charge is 2.20. The van der Waals surface area contributed by atoms with Gasteiger partial charge in [-0.05, 0) is 50.9 Å². The lowest BCUT2D eigenvalue weighted by molar-refractivity contribution is 0.102. The van der Waals surface area contributed by atoms with Crippen molar-refractivity contribution in [1.82, 2.24) is 14.9 Å². The molecule has 1 aliphatic rings. The third kappa shape index (κ3) is 4.90. The fraction of sp³-hybridized carbons (Fsp3) is 0.500. The van der Waals surface area contributed by atoms with Gasteiger partial charge in [0, 0.05) is 43.5 Å². The molecule has 29 heavy (non-hydrogen) atoms. The second kappa shape index (κ2) is 9.13. The molecule has 156 valence electrons. The summed E-state index contributed by atoms with van der Waals surface area (Å²) in [6.45, 7) is 12.3. The maximum Gasteiger partial charge on any atom is 0.260 e. The summed E-state index contributed by atoms with van der Waals surface area (Å²) in [7, 11) is 2.16. The third-order valence-corrected chi connectivity index (χ3v) is 5.99. The van der Waals surface area contributed by atoms with E-state index in [0.717, 1.165) is 48.4 Å². The van der Waals surface area contributed by atoms with Crippen molar-refractivity contribution in [3.8, 4) is 0 Å². The first-order chi connectivity index (χ1) is 13.8. The van der Waals surface area contributed by atoms with Crippen molar-refractivity contribution in [2.24, 2.45) is 0 Å². The number of nitrogens with one attached hydrogen (secondary N) is 1. The van der Waals surface area contributed by atoms with Crippen molar-refractivity contribution in [2.45, 2.75) is 38.6 Å². The minimum absolute atomic E-state index is 0.158. The van der Waals surface area contributed by atoms with Crippen LogP contribution in [-0.2, 0) is 0 Å². The van der Waals surface area contributed by atoms with Crippen molar-refractivity contribution in [3.05, 3.63) is 40.8 Å². The summed E-state index contributed by atoms with van der Waals surface area (Å²) in [6.07, 6.45) is 1.94. The molecule has 0 atom stereocenters. The van der Waals surface area contributed by atoms with Crippen molar-refractivity contribution in [1.29, 1.82) is 0 Å². The van der Waals surface area contributed by atoms with Crippen LogP contribution in [0.1, 0.15) is 47.2 Å². The molecule has 2 heterocycles. The number of aryl methyl sites for hydroxylation is 2. The van der Waals surface area contributed by atoms with Crippen LogP contribution >= 0.6 is 11.8 Å². The number of benzene rings is 1. The monoisotopic (exact) mass is 413 g/mol. The van der Waals surface area contributed by atoms with Gasteiger partial charge in [-0.25, -0.2) is 9.97 Å². The molecule has 1 amide bonds. The molecule has 1 aromatic carbocycles. The number of carbonyl (C=O) groups excluding carboxylic acids is 1. The number of rotatable bonds is 5. The molecule has 1 aromatic heterocycles. The number of thioether (sulfide) groups is 1. The van der Waals surface area contributed by atoms with Gasteiger partial charge >= 0.3 is 0 Å². The lowest BCUT2D eigenvalue weighted by Crippen LogP contribution is -2.44. The molecular formula is C22H31N5OS. The van der Waals surface area contributed by atoms with Crippen LogP contribution in [0.3, 0.4) is 0 Å². The molecule has 2 aromatic rings. The van der Waals surface area contributed by atoms with Crippen LogP contribution in [0, 0.1) is 13.8 Å². The predicted octanol–water partition coefficient (Wildman–Crippen LogP) is 3.94. The van der Waals surface area contributed by atoms with Crippen LogP contribution in [0.5, 0.6) is 0 Å². The second-order valence-corrected chi connectivity index (χ2v) is 8.75. The number of hydrogen-bond donors (Lipinski definition) is 1. The molecule has 0 saturated carbocycles. The number of carbonyl (C=O) groups is 1. The van der Waals surface area contributed by atoms with Gasteiger partial charge in [-0.2, -0.15) is 0 Å². The van der Waals surface area contributed by atoms with E-state index in [2.05, 4.69) is 59.0 Å². The quantitative estimate of drug-likeness (QED) is 0.592. The Balaban J connectivity index is 1.80. The van der Waals surface area contributed by atoms with Gasteiger partial charge in [0.05, 0.1) is 11.3 Å². The van der Waals surface area contributed by atoms with Gasteiger partial charge in [-0.15, -0.1) is 11.8 Å². The Bertz CT molecular complexity index is 891. The number of likely N-dealkylation sites (N-methyl/N-ethyl adjacent to an activating group) is 1. The van der Waals surface area contributed by atoms with Crippen LogP contribution < -0.4 is 10.2 Å². The zero-order valence-electron chi connectivity index (χ0n) is 18.2. The van der Waals surface area contributed by atoms with E-state index in [-0.39, 0.29) is 11.8 Å². The minimum atomic E-state index is -0.158. The number of amides is 1. The average Bonchev–Trinajstić information content (AvgIpc) is 2.68. The summed E-state index contributed by atoms with van der Waals surface area (Å²) in [5, 5.41) is 3.77. The highest BCUT2D eigenvalue weighted by molar-refractivity contribution is 7.98. The first-order valence-corrected chi connectivity index (χ1v) is 11.3. The van der Waals surface area contributed by atoms with Gasteiger partial charge in [0.25, 0.3) is 5.91 Å². The van der Waals surface area contributed by atoms with Crippen LogP contribution in [0.15, 0.2) is 23.2 Å². The molecule has 0 radical (unpaired) electrons. The molecule has 1 saturated heterocycles. The summed E-state index contributed by atoms with van der Waals surface area (Å²) >= 11 is 1.48. The van der Waals surface area contributed by atoms with E-state index in [9.17, 15) is 4.79 Å². The van der Waals surface area contributed by atoms with Gasteiger partial charge in [0.15, 0.2) is 0 Å². The summed E-state index contributed by atoms with van der Waals surface area (Å²) in [5.74, 6) is 0.839. The van der Waals surface area contributed by atoms with E-state index in [1.807, 2.05) is 25.3 Å². The Kier molecular flexibility index (Phi) is 6.80. The molecular weight excluding hydrogens is 382 g/mol. The standard InChI is InChI=1S/C22H31N5OS/c1-14(2)20-23-16(4)19(22(25-20)29-6)21(28)24-17-7-8-18(15(3)13-17)27-11-9-26(5)10-12-27/h7-8,13-14H,9-12H2,1-6H3,(H,24,28). The minimum Gasteiger partial charge on any atom is -0.369 e. The van der Waals surface area contributed by atoms with Crippen LogP contribution in [0.25, 0.3) is 0 Å². The molecule has 3 rings (SSSR count). The molecule has 1 fully saturated rings. The van der Waals surface area contributed by atoms with Crippen molar-refractivity contribution < 1.29 is 4.79 Å². The van der Waals surface area contributed by atoms with Crippen LogP contribution in [0.4, 0.5) is 11.4 Å². The topological polar surface area (TPSA) is 61.4 Å². The molecule has 0 bridgehead atoms. The zero-order valence-corrected chi connectivity index (χ0v) is 19.1. The van der Waals surface area contributed by atoms with Gasteiger partial charge < -0.3 is 15.1 Å². The Morgan fingerprint density at radius 1 is 1.14 bits per heavy atom. The molecule has 0 spiro atoms. The second-order valence-electron chi connectivity index (χ2n) is 7.95. The third-order valence-electron chi connectivity index (χ3n) is 5.31. The zero-order chi connectivity index (χ0) is 21.1. The first kappa shape index (κ1) is 21.6. The van der Waals surface area contributed by atoms with Gasteiger partial charge in [0.2, 0.25) is 0 Å². The van der Waals surface area contributed by atoms with Crippen molar-refractivity contribution >= 4 is 29.0 Å². The highest BCUT2D eigenvalue weighted by atomic mass is 32.2. The van der Waals surface area contributed by atoms with Crippen molar-refractivity contribution in [3.63, 3.8) is 0 Å². The van der Waals surface area contributed by atoms with E-state index in [1.165, 1.54) is 23.0 Å². The average molecular weight is 414 g/mol. The Hall–Kier alpha value is -2.12. The number of aromatic nitrogens is 2. The molecule has 0 unspecified atom stereocenters. The smallest absolute Gasteiger partial charge is 0.260 e. The van der Waals surface area contributed by atoms with E-state index >= 15 is 0 Å². The summed E-state index contributed by atoms with van der Waals surface area (Å²) < 4.78 is 0.